The maximum atomic E-state index is 12.5. The number of sulfonamides is 1. The largest absolute Gasteiger partial charge is 0.444 e. The highest BCUT2D eigenvalue weighted by molar-refractivity contribution is 7.88. The third-order valence-corrected chi connectivity index (χ3v) is 5.11. The molecule has 0 spiro atoms. The molecule has 0 bridgehead atoms. The van der Waals surface area contributed by atoms with Crippen LogP contribution in [-0.2, 0) is 20.5 Å². The predicted octanol–water partition coefficient (Wildman–Crippen LogP) is 3.89. The molecule has 0 radical (unpaired) electrons. The number of carbonyl (C=O) groups excluding carboxylic acids is 2. The minimum Gasteiger partial charge on any atom is -0.444 e. The van der Waals surface area contributed by atoms with Gasteiger partial charge in [-0.2, -0.15) is 0 Å². The molecule has 3 N–H and O–H groups in total. The molecule has 0 aromatic heterocycles. The quantitative estimate of drug-likeness (QED) is 0.534. The van der Waals surface area contributed by atoms with Gasteiger partial charge in [-0.3, -0.25) is 10.1 Å². The Morgan fingerprint density at radius 2 is 1.71 bits per heavy atom. The topological polar surface area (TPSA) is 114 Å². The number of ether oxygens (including phenoxy) is 1. The fourth-order valence-electron chi connectivity index (χ4n) is 2.50. The van der Waals surface area contributed by atoms with Gasteiger partial charge in [-0.1, -0.05) is 24.3 Å². The summed E-state index contributed by atoms with van der Waals surface area (Å²) in [5.74, 6) is -0.547. The lowest BCUT2D eigenvalue weighted by molar-refractivity contribution is 0.0635. The summed E-state index contributed by atoms with van der Waals surface area (Å²) in [5, 5.41) is 5.33. The van der Waals surface area contributed by atoms with E-state index in [1.54, 1.807) is 63.2 Å². The number of hydrogen-bond acceptors (Lipinski definition) is 5. The number of rotatable bonds is 8. The summed E-state index contributed by atoms with van der Waals surface area (Å²) in [6, 6.07) is 12.9. The van der Waals surface area contributed by atoms with Crippen molar-refractivity contribution in [1.82, 2.24) is 4.72 Å². The highest BCUT2D eigenvalue weighted by Gasteiger charge is 2.17. The number of hydrogen-bond donors (Lipinski definition) is 3. The van der Waals surface area contributed by atoms with Gasteiger partial charge in [-0.25, -0.2) is 17.9 Å². The Hall–Kier alpha value is -3.17. The maximum absolute atomic E-state index is 12.5. The Balaban J connectivity index is 2.00. The van der Waals surface area contributed by atoms with Crippen molar-refractivity contribution in [1.29, 1.82) is 0 Å². The first-order valence-electron chi connectivity index (χ1n) is 9.56. The second-order valence-electron chi connectivity index (χ2n) is 7.75. The van der Waals surface area contributed by atoms with Crippen molar-refractivity contribution in [3.05, 3.63) is 72.3 Å². The van der Waals surface area contributed by atoms with Crippen LogP contribution in [0.25, 0.3) is 0 Å². The Morgan fingerprint density at radius 3 is 2.32 bits per heavy atom. The van der Waals surface area contributed by atoms with Crippen molar-refractivity contribution < 1.29 is 22.7 Å². The molecular weight excluding hydrogens is 418 g/mol. The lowest BCUT2D eigenvalue weighted by Crippen LogP contribution is -2.27. The molecule has 0 atom stereocenters. The molecule has 166 valence electrons. The molecule has 0 aliphatic carbocycles. The molecule has 2 aromatic rings. The summed E-state index contributed by atoms with van der Waals surface area (Å²) in [4.78, 5) is 24.4. The van der Waals surface area contributed by atoms with E-state index in [1.807, 2.05) is 0 Å². The summed E-state index contributed by atoms with van der Waals surface area (Å²) in [7, 11) is -3.46. The first kappa shape index (κ1) is 24.1. The van der Waals surface area contributed by atoms with E-state index >= 15 is 0 Å². The van der Waals surface area contributed by atoms with E-state index in [2.05, 4.69) is 21.9 Å². The molecule has 0 fully saturated rings. The van der Waals surface area contributed by atoms with Gasteiger partial charge < -0.3 is 10.1 Å². The standard InChI is InChI=1S/C22H27N3O5S/c1-5-13-23-31(28,29)15-16-9-11-18(12-10-16)24-20(26)17-7-6-8-19(14-17)25-21(27)30-22(2,3)4/h5-12,14,23H,1,13,15H2,2-4H3,(H,24,26)(H,25,27). The summed E-state index contributed by atoms with van der Waals surface area (Å²) in [6.45, 7) is 8.92. The smallest absolute Gasteiger partial charge is 0.412 e. The normalized spacial score (nSPS) is 11.5. The van der Waals surface area contributed by atoms with Crippen LogP contribution in [0.4, 0.5) is 16.2 Å². The summed E-state index contributed by atoms with van der Waals surface area (Å²) in [6.07, 6.45) is 0.854. The van der Waals surface area contributed by atoms with E-state index in [9.17, 15) is 18.0 Å². The van der Waals surface area contributed by atoms with Gasteiger partial charge in [-0.05, 0) is 56.7 Å². The zero-order chi connectivity index (χ0) is 23.1. The van der Waals surface area contributed by atoms with E-state index in [0.29, 0.717) is 22.5 Å². The second kappa shape index (κ2) is 10.2. The molecule has 0 aliphatic rings. The molecule has 2 aromatic carbocycles. The van der Waals surface area contributed by atoms with Crippen LogP contribution in [0.5, 0.6) is 0 Å². The predicted molar refractivity (Wildman–Crippen MR) is 122 cm³/mol. The van der Waals surface area contributed by atoms with Crippen LogP contribution in [0.2, 0.25) is 0 Å². The van der Waals surface area contributed by atoms with Crippen LogP contribution in [0, 0.1) is 0 Å². The van der Waals surface area contributed by atoms with Crippen molar-refractivity contribution >= 4 is 33.4 Å². The highest BCUT2D eigenvalue weighted by atomic mass is 32.2. The number of carbonyl (C=O) groups is 2. The summed E-state index contributed by atoms with van der Waals surface area (Å²) >= 11 is 0. The third kappa shape index (κ3) is 8.61. The SMILES string of the molecule is C=CCNS(=O)(=O)Cc1ccc(NC(=O)c2cccc(NC(=O)OC(C)(C)C)c2)cc1. The van der Waals surface area contributed by atoms with Crippen molar-refractivity contribution in [2.24, 2.45) is 0 Å². The van der Waals surface area contributed by atoms with Crippen LogP contribution < -0.4 is 15.4 Å². The number of anilines is 2. The van der Waals surface area contributed by atoms with E-state index < -0.39 is 21.7 Å². The number of benzene rings is 2. The van der Waals surface area contributed by atoms with Gasteiger partial charge in [0.15, 0.2) is 0 Å². The molecule has 0 unspecified atom stereocenters. The van der Waals surface area contributed by atoms with E-state index in [1.165, 1.54) is 12.1 Å². The van der Waals surface area contributed by atoms with Crippen LogP contribution in [0.15, 0.2) is 61.2 Å². The summed E-state index contributed by atoms with van der Waals surface area (Å²) < 4.78 is 31.5. The lowest BCUT2D eigenvalue weighted by Gasteiger charge is -2.19. The van der Waals surface area contributed by atoms with Crippen LogP contribution in [-0.4, -0.2) is 32.6 Å². The minimum absolute atomic E-state index is 0.165. The molecule has 0 aliphatic heterocycles. The Kier molecular flexibility index (Phi) is 7.95. The zero-order valence-corrected chi connectivity index (χ0v) is 18.6. The van der Waals surface area contributed by atoms with Crippen LogP contribution >= 0.6 is 0 Å². The molecule has 31 heavy (non-hydrogen) atoms. The van der Waals surface area contributed by atoms with Gasteiger partial charge in [0.2, 0.25) is 10.0 Å². The van der Waals surface area contributed by atoms with Gasteiger partial charge in [-0.15, -0.1) is 6.58 Å². The minimum atomic E-state index is -3.46. The highest BCUT2D eigenvalue weighted by Crippen LogP contribution is 2.16. The maximum Gasteiger partial charge on any atom is 0.412 e. The van der Waals surface area contributed by atoms with Crippen LogP contribution in [0.1, 0.15) is 36.7 Å². The second-order valence-corrected chi connectivity index (χ2v) is 9.56. The van der Waals surface area contributed by atoms with Gasteiger partial charge in [0.05, 0.1) is 5.75 Å². The molecule has 8 nitrogen and oxygen atoms in total. The average molecular weight is 446 g/mol. The first-order valence-corrected chi connectivity index (χ1v) is 11.2. The summed E-state index contributed by atoms with van der Waals surface area (Å²) in [5.41, 5.74) is 1.23. The van der Waals surface area contributed by atoms with Crippen molar-refractivity contribution in [3.63, 3.8) is 0 Å². The van der Waals surface area contributed by atoms with Gasteiger partial charge in [0, 0.05) is 23.5 Å². The first-order chi connectivity index (χ1) is 14.5. The zero-order valence-electron chi connectivity index (χ0n) is 17.8. The van der Waals surface area contributed by atoms with Crippen molar-refractivity contribution in [2.45, 2.75) is 32.1 Å². The molecule has 9 heteroatoms. The van der Waals surface area contributed by atoms with Crippen molar-refractivity contribution in [2.75, 3.05) is 17.2 Å². The van der Waals surface area contributed by atoms with Gasteiger partial charge in [0.25, 0.3) is 5.91 Å². The average Bonchev–Trinajstić information content (AvgIpc) is 2.66. The molecular formula is C22H27N3O5S. The number of nitrogens with one attached hydrogen (secondary N) is 3. The number of amides is 2. The monoisotopic (exact) mass is 445 g/mol. The Labute approximate surface area is 182 Å². The van der Waals surface area contributed by atoms with E-state index in [4.69, 9.17) is 4.74 Å². The Bertz CT molecular complexity index is 1040. The van der Waals surface area contributed by atoms with Crippen LogP contribution in [0.3, 0.4) is 0 Å². The molecule has 2 rings (SSSR count). The van der Waals surface area contributed by atoms with Crippen molar-refractivity contribution in [3.8, 4) is 0 Å². The lowest BCUT2D eigenvalue weighted by atomic mass is 10.1. The third-order valence-electron chi connectivity index (χ3n) is 3.79. The molecule has 0 saturated heterocycles. The van der Waals surface area contributed by atoms with Gasteiger partial charge in [0.1, 0.15) is 5.60 Å². The molecule has 0 saturated carbocycles. The fraction of sp³-hybridized carbons (Fsp3) is 0.273. The Morgan fingerprint density at radius 1 is 1.03 bits per heavy atom. The molecule has 0 heterocycles. The molecule has 2 amide bonds. The van der Waals surface area contributed by atoms with E-state index in [0.717, 1.165) is 0 Å². The van der Waals surface area contributed by atoms with E-state index in [-0.39, 0.29) is 18.2 Å². The van der Waals surface area contributed by atoms with Gasteiger partial charge >= 0.3 is 6.09 Å². The fourth-order valence-corrected chi connectivity index (χ4v) is 3.61.